The Balaban J connectivity index is 1.62. The summed E-state index contributed by atoms with van der Waals surface area (Å²) >= 11 is 0. The standard InChI is InChI=1S/C23H27FN2O3/c24-21-8-4-7-18(15-21)11-12-25-17-20(9-10-22(25)28)23(29)26(13-14-27)16-19-5-2-1-3-6-19/h1-8,15,20,27H,9-14,16-17H2/t20-/m0/s1. The molecule has 0 bridgehead atoms. The normalized spacial score (nSPS) is 16.7. The maximum Gasteiger partial charge on any atom is 0.227 e. The van der Waals surface area contributed by atoms with E-state index in [2.05, 4.69) is 0 Å². The number of carbonyl (C=O) groups is 2. The van der Waals surface area contributed by atoms with Gasteiger partial charge < -0.3 is 14.9 Å². The van der Waals surface area contributed by atoms with Crippen LogP contribution in [0.1, 0.15) is 24.0 Å². The van der Waals surface area contributed by atoms with Crippen LogP contribution < -0.4 is 0 Å². The number of hydrogen-bond donors (Lipinski definition) is 1. The molecule has 0 aromatic heterocycles. The van der Waals surface area contributed by atoms with Gasteiger partial charge >= 0.3 is 0 Å². The minimum Gasteiger partial charge on any atom is -0.395 e. The van der Waals surface area contributed by atoms with Crippen molar-refractivity contribution in [1.82, 2.24) is 9.80 Å². The number of amides is 2. The number of likely N-dealkylation sites (tertiary alicyclic amines) is 1. The smallest absolute Gasteiger partial charge is 0.227 e. The molecule has 0 aliphatic carbocycles. The lowest BCUT2D eigenvalue weighted by Gasteiger charge is -2.35. The van der Waals surface area contributed by atoms with E-state index in [4.69, 9.17) is 0 Å². The molecule has 154 valence electrons. The monoisotopic (exact) mass is 398 g/mol. The van der Waals surface area contributed by atoms with Crippen LogP contribution >= 0.6 is 0 Å². The molecule has 0 saturated carbocycles. The average molecular weight is 398 g/mol. The molecule has 2 aromatic carbocycles. The van der Waals surface area contributed by atoms with Crippen molar-refractivity contribution < 1.29 is 19.1 Å². The fourth-order valence-electron chi connectivity index (χ4n) is 3.74. The van der Waals surface area contributed by atoms with Crippen molar-refractivity contribution in [2.75, 3.05) is 26.2 Å². The van der Waals surface area contributed by atoms with Crippen molar-refractivity contribution in [3.63, 3.8) is 0 Å². The number of nitrogens with zero attached hydrogens (tertiary/aromatic N) is 2. The molecule has 0 spiro atoms. The molecule has 1 N–H and O–H groups in total. The van der Waals surface area contributed by atoms with Crippen molar-refractivity contribution >= 4 is 11.8 Å². The summed E-state index contributed by atoms with van der Waals surface area (Å²) < 4.78 is 13.4. The number of aliphatic hydroxyl groups excluding tert-OH is 1. The number of benzene rings is 2. The molecule has 6 heteroatoms. The van der Waals surface area contributed by atoms with E-state index in [-0.39, 0.29) is 36.7 Å². The maximum atomic E-state index is 13.4. The first-order chi connectivity index (χ1) is 14.1. The van der Waals surface area contributed by atoms with Crippen LogP contribution in [0, 0.1) is 11.7 Å². The van der Waals surface area contributed by atoms with Crippen LogP contribution in [0.4, 0.5) is 4.39 Å². The molecule has 1 fully saturated rings. The van der Waals surface area contributed by atoms with Gasteiger partial charge in [0.05, 0.1) is 12.5 Å². The quantitative estimate of drug-likeness (QED) is 0.744. The highest BCUT2D eigenvalue weighted by Crippen LogP contribution is 2.21. The summed E-state index contributed by atoms with van der Waals surface area (Å²) in [5, 5.41) is 9.40. The van der Waals surface area contributed by atoms with Crippen LogP contribution in [0.5, 0.6) is 0 Å². The Hall–Kier alpha value is -2.73. The van der Waals surface area contributed by atoms with Gasteiger partial charge in [-0.05, 0) is 36.1 Å². The van der Waals surface area contributed by atoms with Crippen LogP contribution in [0.3, 0.4) is 0 Å². The first-order valence-corrected chi connectivity index (χ1v) is 10.0. The summed E-state index contributed by atoms with van der Waals surface area (Å²) in [6.07, 6.45) is 1.40. The molecular formula is C23H27FN2O3. The lowest BCUT2D eigenvalue weighted by Crippen LogP contribution is -2.48. The third kappa shape index (κ3) is 5.87. The minimum absolute atomic E-state index is 0.0298. The molecule has 2 amide bonds. The Morgan fingerprint density at radius 1 is 1.14 bits per heavy atom. The summed E-state index contributed by atoms with van der Waals surface area (Å²) in [6.45, 7) is 1.43. The summed E-state index contributed by atoms with van der Waals surface area (Å²) in [5.74, 6) is -0.579. The summed E-state index contributed by atoms with van der Waals surface area (Å²) in [6, 6.07) is 16.0. The van der Waals surface area contributed by atoms with Crippen molar-refractivity contribution in [1.29, 1.82) is 0 Å². The second kappa shape index (κ2) is 10.2. The van der Waals surface area contributed by atoms with Crippen LogP contribution in [-0.2, 0) is 22.6 Å². The highest BCUT2D eigenvalue weighted by Gasteiger charge is 2.32. The van der Waals surface area contributed by atoms with Crippen molar-refractivity contribution in [2.45, 2.75) is 25.8 Å². The van der Waals surface area contributed by atoms with Crippen LogP contribution in [-0.4, -0.2) is 53.0 Å². The highest BCUT2D eigenvalue weighted by atomic mass is 19.1. The molecule has 1 aliphatic rings. The number of aliphatic hydroxyl groups is 1. The lowest BCUT2D eigenvalue weighted by atomic mass is 9.95. The second-order valence-corrected chi connectivity index (χ2v) is 7.42. The largest absolute Gasteiger partial charge is 0.395 e. The SMILES string of the molecule is O=C1CC[C@H](C(=O)N(CCO)Cc2ccccc2)CN1CCc1cccc(F)c1. The summed E-state index contributed by atoms with van der Waals surface area (Å²) in [5.41, 5.74) is 1.83. The summed E-state index contributed by atoms with van der Waals surface area (Å²) in [4.78, 5) is 28.8. The fourth-order valence-corrected chi connectivity index (χ4v) is 3.74. The molecular weight excluding hydrogens is 371 g/mol. The lowest BCUT2D eigenvalue weighted by molar-refractivity contribution is -0.143. The zero-order chi connectivity index (χ0) is 20.6. The van der Waals surface area contributed by atoms with Crippen LogP contribution in [0.2, 0.25) is 0 Å². The van der Waals surface area contributed by atoms with Gasteiger partial charge in [-0.2, -0.15) is 0 Å². The van der Waals surface area contributed by atoms with Crippen molar-refractivity contribution in [2.24, 2.45) is 5.92 Å². The topological polar surface area (TPSA) is 60.9 Å². The van der Waals surface area contributed by atoms with Gasteiger partial charge in [0.1, 0.15) is 5.82 Å². The van der Waals surface area contributed by atoms with Gasteiger partial charge in [-0.3, -0.25) is 9.59 Å². The van der Waals surface area contributed by atoms with E-state index >= 15 is 0 Å². The molecule has 1 heterocycles. The molecule has 5 nitrogen and oxygen atoms in total. The van der Waals surface area contributed by atoms with Crippen LogP contribution in [0.15, 0.2) is 54.6 Å². The van der Waals surface area contributed by atoms with Gasteiger partial charge in [0.25, 0.3) is 0 Å². The van der Waals surface area contributed by atoms with Gasteiger partial charge in [0, 0.05) is 32.6 Å². The van der Waals surface area contributed by atoms with Gasteiger partial charge in [0.2, 0.25) is 11.8 Å². The van der Waals surface area contributed by atoms with E-state index in [1.807, 2.05) is 36.4 Å². The molecule has 2 aromatic rings. The van der Waals surface area contributed by atoms with E-state index < -0.39 is 0 Å². The number of piperidine rings is 1. The molecule has 0 radical (unpaired) electrons. The van der Waals surface area contributed by atoms with E-state index in [1.54, 1.807) is 15.9 Å². The molecule has 1 aliphatic heterocycles. The average Bonchev–Trinajstić information content (AvgIpc) is 2.73. The van der Waals surface area contributed by atoms with E-state index in [0.29, 0.717) is 38.9 Å². The Bertz CT molecular complexity index is 828. The maximum absolute atomic E-state index is 13.4. The number of rotatable bonds is 8. The molecule has 3 rings (SSSR count). The van der Waals surface area contributed by atoms with Gasteiger partial charge in [0.15, 0.2) is 0 Å². The number of carbonyl (C=O) groups excluding carboxylic acids is 2. The zero-order valence-corrected chi connectivity index (χ0v) is 16.5. The fraction of sp³-hybridized carbons (Fsp3) is 0.391. The Kier molecular flexibility index (Phi) is 7.36. The van der Waals surface area contributed by atoms with Crippen LogP contribution in [0.25, 0.3) is 0 Å². The Labute approximate surface area is 170 Å². The number of halogens is 1. The van der Waals surface area contributed by atoms with E-state index in [0.717, 1.165) is 11.1 Å². The minimum atomic E-state index is -0.291. The van der Waals surface area contributed by atoms with Crippen molar-refractivity contribution in [3.8, 4) is 0 Å². The van der Waals surface area contributed by atoms with E-state index in [9.17, 15) is 19.1 Å². The van der Waals surface area contributed by atoms with Crippen molar-refractivity contribution in [3.05, 3.63) is 71.5 Å². The van der Waals surface area contributed by atoms with Gasteiger partial charge in [-0.25, -0.2) is 4.39 Å². The predicted molar refractivity (Wildman–Crippen MR) is 108 cm³/mol. The first-order valence-electron chi connectivity index (χ1n) is 10.0. The molecule has 29 heavy (non-hydrogen) atoms. The third-order valence-corrected chi connectivity index (χ3v) is 5.31. The predicted octanol–water partition coefficient (Wildman–Crippen LogP) is 2.63. The Morgan fingerprint density at radius 2 is 1.90 bits per heavy atom. The first kappa shape index (κ1) is 21.0. The summed E-state index contributed by atoms with van der Waals surface area (Å²) in [7, 11) is 0. The second-order valence-electron chi connectivity index (χ2n) is 7.42. The third-order valence-electron chi connectivity index (χ3n) is 5.31. The Morgan fingerprint density at radius 3 is 2.62 bits per heavy atom. The molecule has 1 atom stereocenters. The van der Waals surface area contributed by atoms with Gasteiger partial charge in [-0.1, -0.05) is 42.5 Å². The van der Waals surface area contributed by atoms with Gasteiger partial charge in [-0.15, -0.1) is 0 Å². The molecule has 0 unspecified atom stereocenters. The van der Waals surface area contributed by atoms with E-state index in [1.165, 1.54) is 12.1 Å². The number of hydrogen-bond acceptors (Lipinski definition) is 3. The highest BCUT2D eigenvalue weighted by molar-refractivity contribution is 5.84. The molecule has 1 saturated heterocycles. The zero-order valence-electron chi connectivity index (χ0n) is 16.5.